The SMILES string of the molecule is CC(C)(CCCNC1CCN(C2CC2)C1)C(N)=NO. The van der Waals surface area contributed by atoms with Crippen LogP contribution in [0, 0.1) is 5.41 Å². The Hall–Kier alpha value is -0.810. The van der Waals surface area contributed by atoms with Crippen LogP contribution in [0.5, 0.6) is 0 Å². The summed E-state index contributed by atoms with van der Waals surface area (Å²) < 4.78 is 0. The van der Waals surface area contributed by atoms with Crippen LogP contribution in [0.1, 0.15) is 46.0 Å². The molecule has 2 rings (SSSR count). The molecule has 0 amide bonds. The molecule has 0 aromatic carbocycles. The van der Waals surface area contributed by atoms with Crippen molar-refractivity contribution in [1.82, 2.24) is 10.2 Å². The standard InChI is InChI=1S/C14H28N4O/c1-14(2,13(15)17-19)7-3-8-16-11-6-9-18(10-11)12-4-5-12/h11-12,16,19H,3-10H2,1-2H3,(H2,15,17). The Kier molecular flexibility index (Phi) is 4.68. The summed E-state index contributed by atoms with van der Waals surface area (Å²) in [5, 5.41) is 15.5. The summed E-state index contributed by atoms with van der Waals surface area (Å²) >= 11 is 0. The summed E-state index contributed by atoms with van der Waals surface area (Å²) in [7, 11) is 0. The fourth-order valence-corrected chi connectivity index (χ4v) is 2.83. The molecule has 2 aliphatic rings. The van der Waals surface area contributed by atoms with Gasteiger partial charge in [-0.25, -0.2) is 0 Å². The largest absolute Gasteiger partial charge is 0.409 e. The van der Waals surface area contributed by atoms with E-state index in [4.69, 9.17) is 10.9 Å². The number of rotatable bonds is 7. The van der Waals surface area contributed by atoms with Gasteiger partial charge in [0.2, 0.25) is 0 Å². The summed E-state index contributed by atoms with van der Waals surface area (Å²) in [6, 6.07) is 1.55. The molecule has 2 fully saturated rings. The second kappa shape index (κ2) is 6.09. The molecule has 0 aromatic heterocycles. The second-order valence-electron chi connectivity index (χ2n) is 6.64. The molecule has 4 N–H and O–H groups in total. The molecule has 5 nitrogen and oxygen atoms in total. The minimum Gasteiger partial charge on any atom is -0.409 e. The van der Waals surface area contributed by atoms with E-state index in [2.05, 4.69) is 15.4 Å². The molecule has 5 heteroatoms. The fraction of sp³-hybridized carbons (Fsp3) is 0.929. The van der Waals surface area contributed by atoms with Crippen molar-refractivity contribution >= 4 is 5.84 Å². The van der Waals surface area contributed by atoms with E-state index >= 15 is 0 Å². The molecule has 1 aliphatic carbocycles. The predicted octanol–water partition coefficient (Wildman–Crippen LogP) is 1.37. The first kappa shape index (κ1) is 14.6. The van der Waals surface area contributed by atoms with E-state index in [1.54, 1.807) is 0 Å². The van der Waals surface area contributed by atoms with Gasteiger partial charge in [-0.15, -0.1) is 0 Å². The highest BCUT2D eigenvalue weighted by molar-refractivity contribution is 5.85. The van der Waals surface area contributed by atoms with Crippen molar-refractivity contribution in [2.75, 3.05) is 19.6 Å². The van der Waals surface area contributed by atoms with Crippen LogP contribution in [0.15, 0.2) is 5.16 Å². The van der Waals surface area contributed by atoms with Gasteiger partial charge in [0.15, 0.2) is 0 Å². The Morgan fingerprint density at radius 3 is 2.79 bits per heavy atom. The van der Waals surface area contributed by atoms with Crippen LogP contribution in [0.2, 0.25) is 0 Å². The molecule has 0 radical (unpaired) electrons. The lowest BCUT2D eigenvalue weighted by atomic mass is 9.86. The lowest BCUT2D eigenvalue weighted by Gasteiger charge is -2.23. The Morgan fingerprint density at radius 2 is 2.16 bits per heavy atom. The average Bonchev–Trinajstić information content (AvgIpc) is 3.13. The number of likely N-dealkylation sites (tertiary alicyclic amines) is 1. The minimum atomic E-state index is -0.216. The summed E-state index contributed by atoms with van der Waals surface area (Å²) in [5.41, 5.74) is 5.47. The number of amidine groups is 1. The molecule has 1 saturated carbocycles. The molecule has 1 saturated heterocycles. The molecule has 1 atom stereocenters. The lowest BCUT2D eigenvalue weighted by Crippen LogP contribution is -2.36. The van der Waals surface area contributed by atoms with Crippen LogP contribution in [0.4, 0.5) is 0 Å². The van der Waals surface area contributed by atoms with Gasteiger partial charge in [-0.3, -0.25) is 4.90 Å². The van der Waals surface area contributed by atoms with Crippen LogP contribution in [0.25, 0.3) is 0 Å². The zero-order valence-electron chi connectivity index (χ0n) is 12.2. The second-order valence-corrected chi connectivity index (χ2v) is 6.64. The Morgan fingerprint density at radius 1 is 1.42 bits per heavy atom. The van der Waals surface area contributed by atoms with E-state index in [1.165, 1.54) is 32.4 Å². The van der Waals surface area contributed by atoms with Crippen molar-refractivity contribution in [3.8, 4) is 0 Å². The van der Waals surface area contributed by atoms with Gasteiger partial charge in [0.05, 0.1) is 0 Å². The van der Waals surface area contributed by atoms with Gasteiger partial charge in [0, 0.05) is 30.6 Å². The van der Waals surface area contributed by atoms with Gasteiger partial charge in [0.1, 0.15) is 5.84 Å². The first-order chi connectivity index (χ1) is 9.03. The molecule has 110 valence electrons. The third-order valence-corrected chi connectivity index (χ3v) is 4.50. The van der Waals surface area contributed by atoms with Crippen molar-refractivity contribution < 1.29 is 5.21 Å². The van der Waals surface area contributed by atoms with Crippen LogP contribution in [-0.2, 0) is 0 Å². The third kappa shape index (κ3) is 4.08. The maximum atomic E-state index is 8.73. The monoisotopic (exact) mass is 268 g/mol. The fourth-order valence-electron chi connectivity index (χ4n) is 2.83. The predicted molar refractivity (Wildman–Crippen MR) is 77.4 cm³/mol. The first-order valence-corrected chi connectivity index (χ1v) is 7.48. The van der Waals surface area contributed by atoms with E-state index < -0.39 is 0 Å². The van der Waals surface area contributed by atoms with E-state index in [0.717, 1.165) is 25.4 Å². The molecule has 0 aromatic rings. The summed E-state index contributed by atoms with van der Waals surface area (Å²) in [6.07, 6.45) is 6.08. The summed E-state index contributed by atoms with van der Waals surface area (Å²) in [6.45, 7) is 7.54. The van der Waals surface area contributed by atoms with E-state index in [1.807, 2.05) is 13.8 Å². The van der Waals surface area contributed by atoms with Gasteiger partial charge < -0.3 is 16.3 Å². The van der Waals surface area contributed by atoms with Crippen molar-refractivity contribution in [3.63, 3.8) is 0 Å². The van der Waals surface area contributed by atoms with Gasteiger partial charge in [-0.05, 0) is 38.6 Å². The smallest absolute Gasteiger partial charge is 0.144 e. The van der Waals surface area contributed by atoms with Gasteiger partial charge in [-0.2, -0.15) is 0 Å². The summed E-state index contributed by atoms with van der Waals surface area (Å²) in [5.74, 6) is 0.327. The van der Waals surface area contributed by atoms with Gasteiger partial charge >= 0.3 is 0 Å². The van der Waals surface area contributed by atoms with Crippen LogP contribution in [-0.4, -0.2) is 47.7 Å². The van der Waals surface area contributed by atoms with E-state index in [9.17, 15) is 0 Å². The number of hydrogen-bond donors (Lipinski definition) is 3. The average molecular weight is 268 g/mol. The highest BCUT2D eigenvalue weighted by Crippen LogP contribution is 2.29. The number of nitrogens with two attached hydrogens (primary N) is 1. The molecule has 0 bridgehead atoms. The molecule has 19 heavy (non-hydrogen) atoms. The van der Waals surface area contributed by atoms with Crippen LogP contribution >= 0.6 is 0 Å². The highest BCUT2D eigenvalue weighted by atomic mass is 16.4. The molecular formula is C14H28N4O. The first-order valence-electron chi connectivity index (χ1n) is 7.48. The topological polar surface area (TPSA) is 73.9 Å². The van der Waals surface area contributed by atoms with Crippen molar-refractivity contribution in [2.45, 2.75) is 58.0 Å². The highest BCUT2D eigenvalue weighted by Gasteiger charge is 2.34. The van der Waals surface area contributed by atoms with E-state index in [0.29, 0.717) is 11.9 Å². The summed E-state index contributed by atoms with van der Waals surface area (Å²) in [4.78, 5) is 2.62. The number of oxime groups is 1. The molecule has 1 aliphatic heterocycles. The quantitative estimate of drug-likeness (QED) is 0.214. The van der Waals surface area contributed by atoms with Gasteiger partial charge in [-0.1, -0.05) is 19.0 Å². The van der Waals surface area contributed by atoms with Crippen LogP contribution < -0.4 is 11.1 Å². The Bertz CT molecular complexity index is 325. The van der Waals surface area contributed by atoms with Crippen molar-refractivity contribution in [2.24, 2.45) is 16.3 Å². The molecule has 1 heterocycles. The molecule has 0 spiro atoms. The third-order valence-electron chi connectivity index (χ3n) is 4.50. The Balaban J connectivity index is 1.59. The zero-order chi connectivity index (χ0) is 13.9. The van der Waals surface area contributed by atoms with Crippen LogP contribution in [0.3, 0.4) is 0 Å². The zero-order valence-corrected chi connectivity index (χ0v) is 12.2. The van der Waals surface area contributed by atoms with Crippen molar-refractivity contribution in [3.05, 3.63) is 0 Å². The minimum absolute atomic E-state index is 0.216. The Labute approximate surface area is 116 Å². The lowest BCUT2D eigenvalue weighted by molar-refractivity contribution is 0.303. The normalized spacial score (nSPS) is 26.0. The number of nitrogens with zero attached hydrogens (tertiary/aromatic N) is 2. The molecular weight excluding hydrogens is 240 g/mol. The number of hydrogen-bond acceptors (Lipinski definition) is 4. The maximum absolute atomic E-state index is 8.73. The van der Waals surface area contributed by atoms with E-state index in [-0.39, 0.29) is 5.41 Å². The van der Waals surface area contributed by atoms with Crippen molar-refractivity contribution in [1.29, 1.82) is 0 Å². The maximum Gasteiger partial charge on any atom is 0.144 e. The number of nitrogens with one attached hydrogen (secondary N) is 1. The van der Waals surface area contributed by atoms with Gasteiger partial charge in [0.25, 0.3) is 0 Å². The molecule has 1 unspecified atom stereocenters.